The molecule has 9 heteroatoms. The number of hydrogen-bond acceptors (Lipinski definition) is 8. The Kier molecular flexibility index (Phi) is 5.83. The maximum Gasteiger partial charge on any atom is 0.271 e. The van der Waals surface area contributed by atoms with E-state index in [9.17, 15) is 9.90 Å². The highest BCUT2D eigenvalue weighted by molar-refractivity contribution is 7.18. The second-order valence-electron chi connectivity index (χ2n) is 7.62. The van der Waals surface area contributed by atoms with Gasteiger partial charge in [0.15, 0.2) is 11.5 Å². The second-order valence-corrected chi connectivity index (χ2v) is 8.86. The van der Waals surface area contributed by atoms with Crippen LogP contribution in [0.2, 0.25) is 0 Å². The number of hydrogen-bond donors (Lipinski definition) is 4. The number of aryl methyl sites for hydroxylation is 2. The first-order valence-corrected chi connectivity index (χ1v) is 11.0. The number of thiazole rings is 1. The molecule has 5 N–H and O–H groups in total. The van der Waals surface area contributed by atoms with Crippen molar-refractivity contribution in [3.05, 3.63) is 34.6 Å². The molecule has 30 heavy (non-hydrogen) atoms. The zero-order valence-electron chi connectivity index (χ0n) is 17.1. The number of primary amides is 1. The van der Waals surface area contributed by atoms with Gasteiger partial charge in [0.2, 0.25) is 0 Å². The molecule has 0 radical (unpaired) electrons. The van der Waals surface area contributed by atoms with Crippen LogP contribution < -0.4 is 16.4 Å². The summed E-state index contributed by atoms with van der Waals surface area (Å²) in [6, 6.07) is 6.04. The van der Waals surface area contributed by atoms with E-state index in [0.717, 1.165) is 46.6 Å². The summed E-state index contributed by atoms with van der Waals surface area (Å²) in [6.07, 6.45) is 3.68. The molecule has 1 aliphatic rings. The van der Waals surface area contributed by atoms with Crippen LogP contribution in [-0.2, 0) is 6.42 Å². The third-order valence-corrected chi connectivity index (χ3v) is 6.27. The highest BCUT2D eigenvalue weighted by atomic mass is 32.1. The number of benzene rings is 1. The van der Waals surface area contributed by atoms with E-state index in [4.69, 9.17) is 10.7 Å². The van der Waals surface area contributed by atoms with Crippen molar-refractivity contribution in [3.8, 4) is 0 Å². The van der Waals surface area contributed by atoms with Gasteiger partial charge in [-0.15, -0.1) is 11.3 Å². The summed E-state index contributed by atoms with van der Waals surface area (Å²) in [5, 5.41) is 17.4. The first-order valence-electron chi connectivity index (χ1n) is 10.2. The maximum atomic E-state index is 12.1. The van der Waals surface area contributed by atoms with Crippen LogP contribution in [0.4, 0.5) is 17.3 Å². The number of nitrogens with zero attached hydrogens (tertiary/aromatic N) is 3. The molecule has 0 spiro atoms. The number of rotatable bonds is 6. The van der Waals surface area contributed by atoms with E-state index in [0.29, 0.717) is 23.8 Å². The summed E-state index contributed by atoms with van der Waals surface area (Å²) >= 11 is 1.61. The van der Waals surface area contributed by atoms with Crippen molar-refractivity contribution in [3.63, 3.8) is 0 Å². The van der Waals surface area contributed by atoms with E-state index >= 15 is 0 Å². The molecular formula is C21H26N6O2S. The Labute approximate surface area is 179 Å². The number of amides is 1. The molecule has 158 valence electrons. The van der Waals surface area contributed by atoms with Gasteiger partial charge in [0.25, 0.3) is 5.91 Å². The molecule has 2 aromatic heterocycles. The van der Waals surface area contributed by atoms with Gasteiger partial charge >= 0.3 is 0 Å². The Morgan fingerprint density at radius 1 is 1.20 bits per heavy atom. The molecular weight excluding hydrogens is 400 g/mol. The predicted molar refractivity (Wildman–Crippen MR) is 119 cm³/mol. The summed E-state index contributed by atoms with van der Waals surface area (Å²) in [6.45, 7) is 3.94. The minimum absolute atomic E-state index is 0.122. The van der Waals surface area contributed by atoms with Crippen LogP contribution in [0.1, 0.15) is 53.8 Å². The average Bonchev–Trinajstić information content (AvgIpc) is 3.09. The second kappa shape index (κ2) is 8.53. The lowest BCUT2D eigenvalue weighted by atomic mass is 9.93. The van der Waals surface area contributed by atoms with Gasteiger partial charge in [0.05, 0.1) is 27.0 Å². The van der Waals surface area contributed by atoms with Crippen LogP contribution in [0.5, 0.6) is 0 Å². The largest absolute Gasteiger partial charge is 0.393 e. The molecule has 0 aliphatic heterocycles. The molecule has 0 unspecified atom stereocenters. The lowest BCUT2D eigenvalue weighted by Crippen LogP contribution is -2.29. The average molecular weight is 427 g/mol. The topological polar surface area (TPSA) is 126 Å². The molecule has 3 aromatic rings. The number of aliphatic hydroxyl groups excluding tert-OH is 1. The zero-order valence-corrected chi connectivity index (χ0v) is 17.9. The third-order valence-electron chi connectivity index (χ3n) is 5.33. The molecule has 2 heterocycles. The fourth-order valence-corrected chi connectivity index (χ4v) is 4.63. The van der Waals surface area contributed by atoms with Crippen molar-refractivity contribution in [1.82, 2.24) is 15.0 Å². The Balaban J connectivity index is 1.66. The fourth-order valence-electron chi connectivity index (χ4n) is 3.76. The molecule has 1 saturated carbocycles. The molecule has 1 aromatic carbocycles. The fraction of sp³-hybridized carbons (Fsp3) is 0.429. The first kappa shape index (κ1) is 20.5. The van der Waals surface area contributed by atoms with Crippen molar-refractivity contribution in [2.75, 3.05) is 10.6 Å². The predicted octanol–water partition coefficient (Wildman–Crippen LogP) is 3.52. The van der Waals surface area contributed by atoms with Crippen molar-refractivity contribution in [2.45, 2.75) is 58.1 Å². The Hall–Kier alpha value is -2.78. The maximum absolute atomic E-state index is 12.1. The minimum Gasteiger partial charge on any atom is -0.393 e. The van der Waals surface area contributed by atoms with Gasteiger partial charge in [-0.3, -0.25) is 4.79 Å². The van der Waals surface area contributed by atoms with E-state index in [1.54, 1.807) is 11.3 Å². The van der Waals surface area contributed by atoms with E-state index < -0.39 is 5.91 Å². The summed E-state index contributed by atoms with van der Waals surface area (Å²) in [5.41, 5.74) is 8.15. The smallest absolute Gasteiger partial charge is 0.271 e. The third kappa shape index (κ3) is 4.36. The van der Waals surface area contributed by atoms with Gasteiger partial charge in [-0.25, -0.2) is 15.0 Å². The highest BCUT2D eigenvalue weighted by Gasteiger charge is 2.23. The number of fused-ring (bicyclic) bond motifs is 1. The van der Waals surface area contributed by atoms with Crippen LogP contribution in [0, 0.1) is 6.92 Å². The van der Waals surface area contributed by atoms with Gasteiger partial charge in [0, 0.05) is 11.7 Å². The summed E-state index contributed by atoms with van der Waals surface area (Å²) in [7, 11) is 0. The van der Waals surface area contributed by atoms with Crippen LogP contribution >= 0.6 is 11.3 Å². The molecule has 0 saturated heterocycles. The monoisotopic (exact) mass is 426 g/mol. The SMILES string of the molecule is CCc1nc(C(N)=O)c(Nc2ccc3nc(C)sc3c2)nc1NC1CCC(O)CC1. The van der Waals surface area contributed by atoms with Gasteiger partial charge < -0.3 is 21.5 Å². The van der Waals surface area contributed by atoms with Gasteiger partial charge in [-0.2, -0.15) is 0 Å². The van der Waals surface area contributed by atoms with Crippen molar-refractivity contribution < 1.29 is 9.90 Å². The number of nitrogens with one attached hydrogen (secondary N) is 2. The van der Waals surface area contributed by atoms with Crippen LogP contribution in [-0.4, -0.2) is 38.1 Å². The van der Waals surface area contributed by atoms with Gasteiger partial charge in [-0.1, -0.05) is 6.92 Å². The van der Waals surface area contributed by atoms with Crippen LogP contribution in [0.3, 0.4) is 0 Å². The number of carbonyl (C=O) groups excluding carboxylic acids is 1. The Morgan fingerprint density at radius 2 is 1.97 bits per heavy atom. The van der Waals surface area contributed by atoms with Crippen molar-refractivity contribution in [2.24, 2.45) is 5.73 Å². The van der Waals surface area contributed by atoms with E-state index in [-0.39, 0.29) is 17.8 Å². The summed E-state index contributed by atoms with van der Waals surface area (Å²) in [4.78, 5) is 25.7. The molecule has 8 nitrogen and oxygen atoms in total. The molecule has 1 aliphatic carbocycles. The number of anilines is 3. The number of aliphatic hydroxyl groups is 1. The van der Waals surface area contributed by atoms with E-state index in [1.807, 2.05) is 32.0 Å². The standard InChI is InChI=1S/C21H26N6O2S/c1-3-15-20(24-12-4-7-14(28)8-5-12)27-21(18(26-15)19(22)29)25-13-6-9-16-17(10-13)30-11(2)23-16/h6,9-10,12,14,28H,3-5,7-8H2,1-2H3,(H2,22,29)(H2,24,25,27). The van der Waals surface area contributed by atoms with Gasteiger partial charge in [-0.05, 0) is 57.2 Å². The lowest BCUT2D eigenvalue weighted by Gasteiger charge is -2.27. The number of nitrogens with two attached hydrogens (primary N) is 1. The Bertz CT molecular complexity index is 1070. The van der Waals surface area contributed by atoms with E-state index in [2.05, 4.69) is 20.6 Å². The quantitative estimate of drug-likeness (QED) is 0.475. The normalized spacial score (nSPS) is 19.0. The van der Waals surface area contributed by atoms with Crippen LogP contribution in [0.15, 0.2) is 18.2 Å². The molecule has 1 fully saturated rings. The van der Waals surface area contributed by atoms with E-state index in [1.165, 1.54) is 0 Å². The van der Waals surface area contributed by atoms with Crippen molar-refractivity contribution in [1.29, 1.82) is 0 Å². The molecule has 0 bridgehead atoms. The van der Waals surface area contributed by atoms with Crippen molar-refractivity contribution >= 4 is 44.8 Å². The Morgan fingerprint density at radius 3 is 2.67 bits per heavy atom. The summed E-state index contributed by atoms with van der Waals surface area (Å²) < 4.78 is 1.05. The minimum atomic E-state index is -0.623. The summed E-state index contributed by atoms with van der Waals surface area (Å²) in [5.74, 6) is 0.362. The van der Waals surface area contributed by atoms with Crippen LogP contribution in [0.25, 0.3) is 10.2 Å². The highest BCUT2D eigenvalue weighted by Crippen LogP contribution is 2.29. The lowest BCUT2D eigenvalue weighted by molar-refractivity contribution is 0.0996. The molecule has 0 atom stereocenters. The first-order chi connectivity index (χ1) is 14.4. The zero-order chi connectivity index (χ0) is 21.3. The van der Waals surface area contributed by atoms with Gasteiger partial charge in [0.1, 0.15) is 5.82 Å². The number of carbonyl (C=O) groups is 1. The number of aromatic nitrogens is 3. The molecule has 4 rings (SSSR count). The molecule has 1 amide bonds.